The van der Waals surface area contributed by atoms with Crippen molar-refractivity contribution in [2.24, 2.45) is 11.7 Å². The molecule has 6 nitrogen and oxygen atoms in total. The van der Waals surface area contributed by atoms with Crippen molar-refractivity contribution < 1.29 is 18.7 Å². The minimum atomic E-state index is -0.877. The number of carbonyl (C=O) groups is 2. The van der Waals surface area contributed by atoms with Gasteiger partial charge < -0.3 is 14.9 Å². The molecule has 1 heterocycles. The molecule has 2 amide bonds. The molecule has 1 unspecified atom stereocenters. The molecule has 2 atom stereocenters. The summed E-state index contributed by atoms with van der Waals surface area (Å²) in [7, 11) is 0. The zero-order valence-electron chi connectivity index (χ0n) is 16.5. The lowest BCUT2D eigenvalue weighted by Gasteiger charge is -2.35. The van der Waals surface area contributed by atoms with Crippen LogP contribution in [0.3, 0.4) is 0 Å². The topological polar surface area (TPSA) is 85.8 Å². The Bertz CT molecular complexity index is 1020. The van der Waals surface area contributed by atoms with E-state index in [2.05, 4.69) is 0 Å². The first-order valence-electron chi connectivity index (χ1n) is 9.31. The molecule has 0 spiro atoms. The van der Waals surface area contributed by atoms with Crippen LogP contribution in [-0.4, -0.2) is 22.9 Å². The van der Waals surface area contributed by atoms with Crippen molar-refractivity contribution in [3.63, 3.8) is 0 Å². The first kappa shape index (κ1) is 20.7. The number of carbonyl (C=O) groups excluding carboxylic acids is 2. The van der Waals surface area contributed by atoms with E-state index in [9.17, 15) is 9.59 Å². The first-order valence-corrected chi connectivity index (χ1v) is 9.69. The quantitative estimate of drug-likeness (QED) is 0.603. The van der Waals surface area contributed by atoms with Crippen molar-refractivity contribution in [2.75, 3.05) is 0 Å². The van der Waals surface area contributed by atoms with E-state index in [0.717, 1.165) is 5.39 Å². The Morgan fingerprint density at radius 2 is 1.76 bits per heavy atom. The van der Waals surface area contributed by atoms with Gasteiger partial charge in [-0.3, -0.25) is 9.69 Å². The van der Waals surface area contributed by atoms with E-state index >= 15 is 0 Å². The number of para-hydroxylation sites is 1. The summed E-state index contributed by atoms with van der Waals surface area (Å²) in [6.45, 7) is 5.41. The van der Waals surface area contributed by atoms with Gasteiger partial charge in [-0.1, -0.05) is 43.6 Å². The summed E-state index contributed by atoms with van der Waals surface area (Å²) in [6.07, 6.45) is -0.681. The molecule has 2 aromatic carbocycles. The van der Waals surface area contributed by atoms with Gasteiger partial charge in [-0.05, 0) is 49.2 Å². The van der Waals surface area contributed by atoms with Gasteiger partial charge in [0, 0.05) is 10.4 Å². The Kier molecular flexibility index (Phi) is 6.13. The second kappa shape index (κ2) is 8.57. The Balaban J connectivity index is 2.00. The highest BCUT2D eigenvalue weighted by Gasteiger charge is 2.37. The molecule has 0 aliphatic rings. The van der Waals surface area contributed by atoms with E-state index in [1.165, 1.54) is 4.90 Å². The van der Waals surface area contributed by atoms with Crippen LogP contribution in [-0.2, 0) is 4.79 Å². The standard InChI is InChI=1S/C22H23ClN2O4/c1-13(2)20(21(24)26)25(22(27)28-17-7-5-4-6-8-17)14(3)19-12-15-11-16(23)9-10-18(15)29-19/h4-14,20H,1-3H3,(H2,24,26)/t14?,20-/m0/s1. The number of fused-ring (bicyclic) bond motifs is 1. The van der Waals surface area contributed by atoms with E-state index < -0.39 is 24.1 Å². The van der Waals surface area contributed by atoms with Gasteiger partial charge in [0.25, 0.3) is 0 Å². The number of ether oxygens (including phenoxy) is 1. The van der Waals surface area contributed by atoms with Crippen LogP contribution in [0, 0.1) is 5.92 Å². The zero-order valence-corrected chi connectivity index (χ0v) is 17.2. The van der Waals surface area contributed by atoms with Crippen molar-refractivity contribution in [1.29, 1.82) is 0 Å². The summed E-state index contributed by atoms with van der Waals surface area (Å²) in [6, 6.07) is 14.2. The van der Waals surface area contributed by atoms with Crippen molar-refractivity contribution in [2.45, 2.75) is 32.9 Å². The van der Waals surface area contributed by atoms with Crippen LogP contribution in [0.25, 0.3) is 11.0 Å². The van der Waals surface area contributed by atoms with Crippen molar-refractivity contribution >= 4 is 34.6 Å². The van der Waals surface area contributed by atoms with Gasteiger partial charge in [-0.15, -0.1) is 0 Å². The highest BCUT2D eigenvalue weighted by Crippen LogP contribution is 2.32. The average molecular weight is 415 g/mol. The van der Waals surface area contributed by atoms with E-state index in [-0.39, 0.29) is 5.92 Å². The molecule has 0 aliphatic heterocycles. The van der Waals surface area contributed by atoms with Gasteiger partial charge in [0.1, 0.15) is 23.1 Å². The molecule has 1 aromatic heterocycles. The molecule has 29 heavy (non-hydrogen) atoms. The molecule has 3 rings (SSSR count). The number of furan rings is 1. The number of rotatable bonds is 6. The van der Waals surface area contributed by atoms with Gasteiger partial charge in [0.15, 0.2) is 0 Å². The molecular formula is C22H23ClN2O4. The predicted octanol–water partition coefficient (Wildman–Crippen LogP) is 5.16. The summed E-state index contributed by atoms with van der Waals surface area (Å²) in [5.74, 6) is 0.0327. The number of nitrogens with zero attached hydrogens (tertiary/aromatic N) is 1. The second-order valence-electron chi connectivity index (χ2n) is 7.19. The van der Waals surface area contributed by atoms with Crippen LogP contribution in [0.15, 0.2) is 59.0 Å². The highest BCUT2D eigenvalue weighted by atomic mass is 35.5. The fourth-order valence-corrected chi connectivity index (χ4v) is 3.50. The van der Waals surface area contributed by atoms with Crippen molar-refractivity contribution in [3.05, 3.63) is 65.4 Å². The molecule has 0 radical (unpaired) electrons. The van der Waals surface area contributed by atoms with E-state index in [0.29, 0.717) is 22.1 Å². The summed E-state index contributed by atoms with van der Waals surface area (Å²) in [5, 5.41) is 1.38. The Morgan fingerprint density at radius 1 is 1.07 bits per heavy atom. The maximum Gasteiger partial charge on any atom is 0.416 e. The number of primary amides is 1. The van der Waals surface area contributed by atoms with Gasteiger partial charge in [-0.25, -0.2) is 4.79 Å². The summed E-state index contributed by atoms with van der Waals surface area (Å²) in [4.78, 5) is 26.6. The lowest BCUT2D eigenvalue weighted by atomic mass is 10.00. The molecule has 2 N–H and O–H groups in total. The van der Waals surface area contributed by atoms with Crippen LogP contribution in [0.5, 0.6) is 5.75 Å². The first-order chi connectivity index (χ1) is 13.8. The van der Waals surface area contributed by atoms with Gasteiger partial charge >= 0.3 is 6.09 Å². The Morgan fingerprint density at radius 3 is 2.38 bits per heavy atom. The molecule has 7 heteroatoms. The molecule has 3 aromatic rings. The summed E-state index contributed by atoms with van der Waals surface area (Å²) >= 11 is 6.06. The summed E-state index contributed by atoms with van der Waals surface area (Å²) in [5.41, 5.74) is 6.28. The summed E-state index contributed by atoms with van der Waals surface area (Å²) < 4.78 is 11.4. The van der Waals surface area contributed by atoms with Crippen LogP contribution >= 0.6 is 11.6 Å². The van der Waals surface area contributed by atoms with Gasteiger partial charge in [0.2, 0.25) is 5.91 Å². The number of amides is 2. The third-order valence-corrected chi connectivity index (χ3v) is 4.94. The van der Waals surface area contributed by atoms with Gasteiger partial charge in [-0.2, -0.15) is 0 Å². The van der Waals surface area contributed by atoms with E-state index in [4.69, 9.17) is 26.5 Å². The monoisotopic (exact) mass is 414 g/mol. The third kappa shape index (κ3) is 4.54. The number of nitrogens with two attached hydrogens (primary N) is 1. The number of benzene rings is 2. The van der Waals surface area contributed by atoms with E-state index in [1.807, 2.05) is 19.9 Å². The number of halogens is 1. The van der Waals surface area contributed by atoms with Crippen LogP contribution in [0.1, 0.15) is 32.6 Å². The van der Waals surface area contributed by atoms with E-state index in [1.54, 1.807) is 55.5 Å². The Hall–Kier alpha value is -2.99. The molecule has 0 saturated carbocycles. The fraction of sp³-hybridized carbons (Fsp3) is 0.273. The maximum atomic E-state index is 13.1. The second-order valence-corrected chi connectivity index (χ2v) is 7.62. The minimum absolute atomic E-state index is 0.225. The zero-order chi connectivity index (χ0) is 21.1. The van der Waals surface area contributed by atoms with Crippen LogP contribution in [0.4, 0.5) is 4.79 Å². The maximum absolute atomic E-state index is 13.1. The third-order valence-electron chi connectivity index (χ3n) is 4.71. The minimum Gasteiger partial charge on any atom is -0.459 e. The molecule has 0 aliphatic carbocycles. The van der Waals surface area contributed by atoms with Crippen molar-refractivity contribution in [3.8, 4) is 5.75 Å². The normalized spacial score (nSPS) is 13.3. The van der Waals surface area contributed by atoms with Crippen LogP contribution in [0.2, 0.25) is 5.02 Å². The van der Waals surface area contributed by atoms with Crippen LogP contribution < -0.4 is 10.5 Å². The molecule has 0 bridgehead atoms. The number of hydrogen-bond acceptors (Lipinski definition) is 4. The Labute approximate surface area is 174 Å². The highest BCUT2D eigenvalue weighted by molar-refractivity contribution is 6.31. The largest absolute Gasteiger partial charge is 0.459 e. The number of hydrogen-bond donors (Lipinski definition) is 1. The lowest BCUT2D eigenvalue weighted by molar-refractivity contribution is -0.124. The average Bonchev–Trinajstić information content (AvgIpc) is 3.08. The predicted molar refractivity (Wildman–Crippen MR) is 112 cm³/mol. The van der Waals surface area contributed by atoms with Crippen molar-refractivity contribution in [1.82, 2.24) is 4.90 Å². The smallest absolute Gasteiger partial charge is 0.416 e. The molecule has 0 fully saturated rings. The fourth-order valence-electron chi connectivity index (χ4n) is 3.32. The molecular weight excluding hydrogens is 392 g/mol. The SMILES string of the molecule is CC(C)[C@@H](C(N)=O)N(C(=O)Oc1ccccc1)C(C)c1cc2cc(Cl)ccc2o1. The lowest BCUT2D eigenvalue weighted by Crippen LogP contribution is -2.52. The van der Waals surface area contributed by atoms with Gasteiger partial charge in [0.05, 0.1) is 6.04 Å². The molecule has 152 valence electrons. The molecule has 0 saturated heterocycles.